The number of primary amides is 1. The number of azo groups is 1. The quantitative estimate of drug-likeness (QED) is 0.709. The molecule has 0 fully saturated rings. The highest BCUT2D eigenvalue weighted by Gasteiger charge is 2.09. The van der Waals surface area contributed by atoms with Crippen LogP contribution in [0.1, 0.15) is 10.4 Å². The largest absolute Gasteiger partial charge is 0.366 e. The summed E-state index contributed by atoms with van der Waals surface area (Å²) in [5, 5.41) is 10.1. The number of nitrogens with zero attached hydrogens (tertiary/aromatic N) is 2. The smallest absolute Gasteiger partial charge is 0.249 e. The van der Waals surface area contributed by atoms with Crippen molar-refractivity contribution in [2.45, 2.75) is 0 Å². The van der Waals surface area contributed by atoms with E-state index in [4.69, 9.17) is 5.73 Å². The molecule has 3 aromatic carbocycles. The van der Waals surface area contributed by atoms with Crippen LogP contribution in [0.2, 0.25) is 0 Å². The van der Waals surface area contributed by atoms with Gasteiger partial charge in [-0.1, -0.05) is 42.5 Å². The average Bonchev–Trinajstić information content (AvgIpc) is 2.53. The van der Waals surface area contributed by atoms with Gasteiger partial charge in [-0.15, -0.1) is 5.11 Å². The minimum Gasteiger partial charge on any atom is -0.366 e. The number of benzene rings is 3. The van der Waals surface area contributed by atoms with Gasteiger partial charge in [0, 0.05) is 10.9 Å². The van der Waals surface area contributed by atoms with Gasteiger partial charge in [-0.05, 0) is 29.7 Å². The van der Waals surface area contributed by atoms with Crippen molar-refractivity contribution in [3.05, 3.63) is 72.3 Å². The van der Waals surface area contributed by atoms with E-state index in [0.717, 1.165) is 16.5 Å². The number of hydrogen-bond donors (Lipinski definition) is 1. The molecule has 1 amide bonds. The molecule has 2 N–H and O–H groups in total. The molecule has 102 valence electrons. The van der Waals surface area contributed by atoms with Crippen molar-refractivity contribution in [3.63, 3.8) is 0 Å². The van der Waals surface area contributed by atoms with Crippen molar-refractivity contribution in [2.75, 3.05) is 0 Å². The first-order valence-corrected chi connectivity index (χ1v) is 6.54. The summed E-state index contributed by atoms with van der Waals surface area (Å²) in [7, 11) is 0. The second-order valence-electron chi connectivity index (χ2n) is 4.58. The van der Waals surface area contributed by atoms with E-state index in [2.05, 4.69) is 10.2 Å². The van der Waals surface area contributed by atoms with Crippen LogP contribution in [0.5, 0.6) is 0 Å². The number of nitrogens with two attached hydrogens (primary N) is 1. The summed E-state index contributed by atoms with van der Waals surface area (Å²) in [5.74, 6) is -0.447. The van der Waals surface area contributed by atoms with Crippen molar-refractivity contribution in [2.24, 2.45) is 16.0 Å². The molecular weight excluding hydrogens is 262 g/mol. The zero-order chi connectivity index (χ0) is 14.7. The van der Waals surface area contributed by atoms with Crippen LogP contribution in [0.25, 0.3) is 10.8 Å². The zero-order valence-electron chi connectivity index (χ0n) is 11.2. The molecule has 0 unspecified atom stereocenters. The van der Waals surface area contributed by atoms with Gasteiger partial charge in [0.2, 0.25) is 5.91 Å². The molecule has 21 heavy (non-hydrogen) atoms. The fourth-order valence-corrected chi connectivity index (χ4v) is 2.19. The molecule has 0 aromatic heterocycles. The maximum Gasteiger partial charge on any atom is 0.249 e. The van der Waals surface area contributed by atoms with E-state index in [1.165, 1.54) is 0 Å². The van der Waals surface area contributed by atoms with Gasteiger partial charge in [-0.25, -0.2) is 0 Å². The van der Waals surface area contributed by atoms with Crippen molar-refractivity contribution in [3.8, 4) is 0 Å². The molecule has 0 aliphatic carbocycles. The first-order chi connectivity index (χ1) is 10.3. The van der Waals surface area contributed by atoms with E-state index in [-0.39, 0.29) is 0 Å². The van der Waals surface area contributed by atoms with Gasteiger partial charge in [-0.3, -0.25) is 4.79 Å². The molecule has 4 nitrogen and oxygen atoms in total. The van der Waals surface area contributed by atoms with Crippen molar-refractivity contribution in [1.29, 1.82) is 0 Å². The Bertz CT molecular complexity index is 826. The van der Waals surface area contributed by atoms with Gasteiger partial charge >= 0.3 is 0 Å². The van der Waals surface area contributed by atoms with Crippen LogP contribution in [0.3, 0.4) is 0 Å². The minimum absolute atomic E-state index is 0.447. The Hall–Kier alpha value is -3.01. The summed E-state index contributed by atoms with van der Waals surface area (Å²) in [6, 6.07) is 20.5. The summed E-state index contributed by atoms with van der Waals surface area (Å²) in [6.45, 7) is 0. The summed E-state index contributed by atoms with van der Waals surface area (Å²) >= 11 is 0. The first kappa shape index (κ1) is 13.0. The lowest BCUT2D eigenvalue weighted by molar-refractivity contribution is 0.100. The number of rotatable bonds is 3. The summed E-state index contributed by atoms with van der Waals surface area (Å²) < 4.78 is 0. The second-order valence-corrected chi connectivity index (χ2v) is 4.58. The normalized spacial score (nSPS) is 11.0. The second kappa shape index (κ2) is 5.54. The highest BCUT2D eigenvalue weighted by Crippen LogP contribution is 2.30. The lowest BCUT2D eigenvalue weighted by Gasteiger charge is -2.05. The summed E-state index contributed by atoms with van der Waals surface area (Å²) in [4.78, 5) is 11.5. The molecule has 0 bridgehead atoms. The lowest BCUT2D eigenvalue weighted by Crippen LogP contribution is -2.11. The van der Waals surface area contributed by atoms with Gasteiger partial charge in [0.05, 0.1) is 11.4 Å². The zero-order valence-corrected chi connectivity index (χ0v) is 11.2. The SMILES string of the molecule is NC(=O)c1ccc(N=Nc2ccccc2)c2ccccc12. The van der Waals surface area contributed by atoms with E-state index in [1.54, 1.807) is 12.1 Å². The van der Waals surface area contributed by atoms with Gasteiger partial charge in [0.25, 0.3) is 0 Å². The predicted octanol–water partition coefficient (Wildman–Crippen LogP) is 4.35. The third-order valence-corrected chi connectivity index (χ3v) is 3.20. The highest BCUT2D eigenvalue weighted by molar-refractivity contribution is 6.09. The van der Waals surface area contributed by atoms with E-state index in [0.29, 0.717) is 11.3 Å². The average molecular weight is 275 g/mol. The topological polar surface area (TPSA) is 67.8 Å². The third kappa shape index (κ3) is 2.65. The highest BCUT2D eigenvalue weighted by atomic mass is 16.1. The first-order valence-electron chi connectivity index (χ1n) is 6.54. The van der Waals surface area contributed by atoms with E-state index >= 15 is 0 Å². The monoisotopic (exact) mass is 275 g/mol. The van der Waals surface area contributed by atoms with Gasteiger partial charge in [0.1, 0.15) is 0 Å². The number of hydrogen-bond acceptors (Lipinski definition) is 3. The maximum atomic E-state index is 11.5. The Kier molecular flexibility index (Phi) is 3.43. The molecule has 3 aromatic rings. The van der Waals surface area contributed by atoms with Crippen molar-refractivity contribution in [1.82, 2.24) is 0 Å². The van der Waals surface area contributed by atoms with Crippen LogP contribution in [0, 0.1) is 0 Å². The lowest BCUT2D eigenvalue weighted by atomic mass is 10.0. The molecule has 0 radical (unpaired) electrons. The minimum atomic E-state index is -0.447. The van der Waals surface area contributed by atoms with Crippen LogP contribution < -0.4 is 5.73 Å². The Labute approximate surface area is 121 Å². The number of carbonyl (C=O) groups is 1. The fraction of sp³-hybridized carbons (Fsp3) is 0. The Morgan fingerprint density at radius 1 is 0.762 bits per heavy atom. The third-order valence-electron chi connectivity index (χ3n) is 3.20. The fourth-order valence-electron chi connectivity index (χ4n) is 2.19. The molecule has 3 rings (SSSR count). The standard InChI is InChI=1S/C17H13N3O/c18-17(21)15-10-11-16(14-9-5-4-8-13(14)15)20-19-12-6-2-1-3-7-12/h1-11H,(H2,18,21). The summed E-state index contributed by atoms with van der Waals surface area (Å²) in [6.07, 6.45) is 0. The van der Waals surface area contributed by atoms with Crippen LogP contribution in [0.15, 0.2) is 77.0 Å². The number of amides is 1. The maximum absolute atomic E-state index is 11.5. The van der Waals surface area contributed by atoms with Crippen LogP contribution in [0.4, 0.5) is 11.4 Å². The van der Waals surface area contributed by atoms with Crippen LogP contribution in [-0.4, -0.2) is 5.91 Å². The van der Waals surface area contributed by atoms with Gasteiger partial charge in [-0.2, -0.15) is 5.11 Å². The molecular formula is C17H13N3O. The van der Waals surface area contributed by atoms with Crippen LogP contribution in [-0.2, 0) is 0 Å². The summed E-state index contributed by atoms with van der Waals surface area (Å²) in [5.41, 5.74) is 7.38. The molecule has 0 heterocycles. The van der Waals surface area contributed by atoms with E-state index in [9.17, 15) is 4.79 Å². The molecule has 0 atom stereocenters. The molecule has 0 saturated carbocycles. The Morgan fingerprint density at radius 2 is 1.43 bits per heavy atom. The molecule has 0 spiro atoms. The number of fused-ring (bicyclic) bond motifs is 1. The number of carbonyl (C=O) groups excluding carboxylic acids is 1. The predicted molar refractivity (Wildman–Crippen MR) is 83.1 cm³/mol. The molecule has 0 aliphatic rings. The van der Waals surface area contributed by atoms with Crippen LogP contribution >= 0.6 is 0 Å². The Balaban J connectivity index is 2.10. The van der Waals surface area contributed by atoms with Gasteiger partial charge in [0.15, 0.2) is 0 Å². The van der Waals surface area contributed by atoms with Crippen molar-refractivity contribution < 1.29 is 4.79 Å². The van der Waals surface area contributed by atoms with Gasteiger partial charge < -0.3 is 5.73 Å². The van der Waals surface area contributed by atoms with Crippen molar-refractivity contribution >= 4 is 28.1 Å². The molecule has 4 heteroatoms. The van der Waals surface area contributed by atoms with E-state index < -0.39 is 5.91 Å². The van der Waals surface area contributed by atoms with E-state index in [1.807, 2.05) is 54.6 Å². The molecule has 0 saturated heterocycles. The molecule has 0 aliphatic heterocycles. The Morgan fingerprint density at radius 3 is 2.14 bits per heavy atom.